The molecule has 0 atom stereocenters. The van der Waals surface area contributed by atoms with Crippen LogP contribution in [-0.2, 0) is 4.79 Å². The van der Waals surface area contributed by atoms with Gasteiger partial charge >= 0.3 is 0 Å². The molecule has 2 heterocycles. The summed E-state index contributed by atoms with van der Waals surface area (Å²) in [6.45, 7) is 4.76. The number of nitrogens with two attached hydrogens (primary N) is 1. The third-order valence-electron chi connectivity index (χ3n) is 5.39. The van der Waals surface area contributed by atoms with E-state index >= 15 is 0 Å². The summed E-state index contributed by atoms with van der Waals surface area (Å²) in [4.78, 5) is 25.8. The van der Waals surface area contributed by atoms with Crippen molar-refractivity contribution in [2.24, 2.45) is 0 Å². The van der Waals surface area contributed by atoms with Crippen LogP contribution in [0.5, 0.6) is 17.2 Å². The second-order valence-electron chi connectivity index (χ2n) is 8.87. The Bertz CT molecular complexity index is 1230. The van der Waals surface area contributed by atoms with Crippen molar-refractivity contribution in [1.82, 2.24) is 14.9 Å². The van der Waals surface area contributed by atoms with Gasteiger partial charge in [-0.15, -0.1) is 0 Å². The lowest BCUT2D eigenvalue weighted by molar-refractivity contribution is -0.131. The quantitative estimate of drug-likeness (QED) is 0.469. The maximum atomic E-state index is 13.3. The molecule has 0 saturated heterocycles. The number of amides is 1. The fourth-order valence-corrected chi connectivity index (χ4v) is 3.57. The van der Waals surface area contributed by atoms with Gasteiger partial charge in [-0.25, -0.2) is 4.98 Å². The molecule has 4 rings (SSSR count). The second-order valence-corrected chi connectivity index (χ2v) is 8.87. The predicted octanol–water partition coefficient (Wildman–Crippen LogP) is 3.59. The molecule has 3 aromatic rings. The minimum absolute atomic E-state index is 0.267. The Morgan fingerprint density at radius 3 is 2.71 bits per heavy atom. The van der Waals surface area contributed by atoms with Crippen LogP contribution in [0.2, 0.25) is 0 Å². The van der Waals surface area contributed by atoms with E-state index in [1.54, 1.807) is 57.5 Å². The first-order chi connectivity index (χ1) is 16.7. The first-order valence-corrected chi connectivity index (χ1v) is 11.2. The molecule has 1 aliphatic rings. The van der Waals surface area contributed by atoms with Crippen LogP contribution in [0.15, 0.2) is 48.7 Å². The Labute approximate surface area is 204 Å². The van der Waals surface area contributed by atoms with Crippen LogP contribution in [0, 0.1) is 0 Å². The lowest BCUT2D eigenvalue weighted by Crippen LogP contribution is -2.51. The first-order valence-electron chi connectivity index (χ1n) is 11.2. The second kappa shape index (κ2) is 9.67. The number of aromatic nitrogens is 2. The summed E-state index contributed by atoms with van der Waals surface area (Å²) in [6.07, 6.45) is 1.54. The minimum atomic E-state index is -1.10. The molecule has 184 valence electrons. The molecular weight excluding hydrogens is 448 g/mol. The number of nitrogen functional groups attached to an aromatic ring is 1. The number of nitrogens with one attached hydrogen (secondary N) is 1. The van der Waals surface area contributed by atoms with Gasteiger partial charge in [-0.3, -0.25) is 9.69 Å². The van der Waals surface area contributed by atoms with Gasteiger partial charge in [0.25, 0.3) is 5.91 Å². The molecule has 2 aromatic carbocycles. The van der Waals surface area contributed by atoms with Crippen LogP contribution >= 0.6 is 0 Å². The van der Waals surface area contributed by atoms with E-state index in [2.05, 4.69) is 15.3 Å². The van der Waals surface area contributed by atoms with E-state index < -0.39 is 5.60 Å². The molecule has 0 bridgehead atoms. The predicted molar refractivity (Wildman–Crippen MR) is 135 cm³/mol. The van der Waals surface area contributed by atoms with Gasteiger partial charge in [0.2, 0.25) is 5.95 Å². The van der Waals surface area contributed by atoms with E-state index in [9.17, 15) is 4.79 Å². The number of carbonyl (C=O) groups is 1. The Balaban J connectivity index is 1.64. The molecule has 0 radical (unpaired) electrons. The van der Waals surface area contributed by atoms with Crippen LogP contribution < -0.4 is 30.2 Å². The van der Waals surface area contributed by atoms with Crippen molar-refractivity contribution in [3.63, 3.8) is 0 Å². The average molecular weight is 479 g/mol. The van der Waals surface area contributed by atoms with Crippen molar-refractivity contribution in [2.75, 3.05) is 50.3 Å². The Kier molecular flexibility index (Phi) is 6.65. The van der Waals surface area contributed by atoms with Crippen molar-refractivity contribution in [3.05, 3.63) is 48.7 Å². The summed E-state index contributed by atoms with van der Waals surface area (Å²) in [5.74, 6) is 1.97. The Morgan fingerprint density at radius 1 is 1.20 bits per heavy atom. The van der Waals surface area contributed by atoms with E-state index in [1.807, 2.05) is 31.1 Å². The summed E-state index contributed by atoms with van der Waals surface area (Å²) < 4.78 is 17.2. The number of methoxy groups -OCH3 is 1. The Hall–Kier alpha value is -4.05. The lowest BCUT2D eigenvalue weighted by Gasteiger charge is -2.37. The summed E-state index contributed by atoms with van der Waals surface area (Å²) in [5, 5.41) is 3.16. The standard InChI is InChI=1S/C25H30N6O4/c1-25(2)23(32)31(17-8-6-7-16(26)13-17)22-21(35-25)15-27-24(29-22)28-19-10-9-18(14-20(19)33-5)34-12-11-30(3)4/h6-10,13-15H,11-12,26H2,1-5H3,(H,27,28,29). The third kappa shape index (κ3) is 5.22. The lowest BCUT2D eigenvalue weighted by atomic mass is 10.0. The maximum Gasteiger partial charge on any atom is 0.276 e. The highest BCUT2D eigenvalue weighted by atomic mass is 16.5. The molecule has 10 heteroatoms. The zero-order valence-electron chi connectivity index (χ0n) is 20.5. The third-order valence-corrected chi connectivity index (χ3v) is 5.39. The zero-order chi connectivity index (χ0) is 25.2. The van der Waals surface area contributed by atoms with E-state index in [0.29, 0.717) is 46.7 Å². The number of carbonyl (C=O) groups excluding carboxylic acids is 1. The fraction of sp³-hybridized carbons (Fsp3) is 0.320. The van der Waals surface area contributed by atoms with E-state index in [0.717, 1.165) is 6.54 Å². The molecule has 0 aliphatic carbocycles. The van der Waals surface area contributed by atoms with Gasteiger partial charge in [-0.2, -0.15) is 4.98 Å². The van der Waals surface area contributed by atoms with Crippen molar-refractivity contribution in [2.45, 2.75) is 19.4 Å². The molecule has 35 heavy (non-hydrogen) atoms. The summed E-state index contributed by atoms with van der Waals surface area (Å²) in [5.41, 5.74) is 6.65. The van der Waals surface area contributed by atoms with Gasteiger partial charge in [-0.05, 0) is 58.3 Å². The maximum absolute atomic E-state index is 13.3. The molecule has 0 unspecified atom stereocenters. The SMILES string of the molecule is COc1cc(OCCN(C)C)ccc1Nc1ncc2c(n1)N(c1cccc(N)c1)C(=O)C(C)(C)O2. The molecule has 1 aromatic heterocycles. The van der Waals surface area contributed by atoms with E-state index in [1.165, 1.54) is 4.90 Å². The molecule has 1 aliphatic heterocycles. The largest absolute Gasteiger partial charge is 0.494 e. The highest BCUT2D eigenvalue weighted by Crippen LogP contribution is 2.41. The van der Waals surface area contributed by atoms with Crippen molar-refractivity contribution in [3.8, 4) is 17.2 Å². The van der Waals surface area contributed by atoms with Crippen molar-refractivity contribution >= 4 is 34.7 Å². The minimum Gasteiger partial charge on any atom is -0.494 e. The topological polar surface area (TPSA) is 115 Å². The summed E-state index contributed by atoms with van der Waals surface area (Å²) in [7, 11) is 5.56. The number of hydrogen-bond acceptors (Lipinski definition) is 9. The fourth-order valence-electron chi connectivity index (χ4n) is 3.57. The molecule has 1 amide bonds. The number of benzene rings is 2. The molecule has 0 spiro atoms. The number of fused-ring (bicyclic) bond motifs is 1. The van der Waals surface area contributed by atoms with Crippen LogP contribution in [0.4, 0.5) is 28.8 Å². The molecule has 10 nitrogen and oxygen atoms in total. The zero-order valence-corrected chi connectivity index (χ0v) is 20.5. The summed E-state index contributed by atoms with van der Waals surface area (Å²) >= 11 is 0. The number of ether oxygens (including phenoxy) is 3. The number of likely N-dealkylation sites (N-methyl/N-ethyl adjacent to an activating group) is 1. The van der Waals surface area contributed by atoms with Crippen LogP contribution in [0.3, 0.4) is 0 Å². The van der Waals surface area contributed by atoms with E-state index in [4.69, 9.17) is 19.9 Å². The number of hydrogen-bond donors (Lipinski definition) is 2. The van der Waals surface area contributed by atoms with Gasteiger partial charge in [-0.1, -0.05) is 6.07 Å². The molecule has 3 N–H and O–H groups in total. The highest BCUT2D eigenvalue weighted by molar-refractivity contribution is 6.07. The van der Waals surface area contributed by atoms with Crippen LogP contribution in [0.25, 0.3) is 0 Å². The average Bonchev–Trinajstić information content (AvgIpc) is 2.80. The number of nitrogens with zero attached hydrogens (tertiary/aromatic N) is 4. The van der Waals surface area contributed by atoms with Crippen molar-refractivity contribution < 1.29 is 19.0 Å². The number of rotatable bonds is 8. The van der Waals surface area contributed by atoms with Crippen molar-refractivity contribution in [1.29, 1.82) is 0 Å². The smallest absolute Gasteiger partial charge is 0.276 e. The van der Waals surface area contributed by atoms with Gasteiger partial charge in [0.05, 0.1) is 24.7 Å². The van der Waals surface area contributed by atoms with Crippen LogP contribution in [0.1, 0.15) is 13.8 Å². The van der Waals surface area contributed by atoms with Gasteiger partial charge < -0.3 is 30.2 Å². The first kappa shape index (κ1) is 24.1. The van der Waals surface area contributed by atoms with E-state index in [-0.39, 0.29) is 11.9 Å². The molecular formula is C25H30N6O4. The summed E-state index contributed by atoms with van der Waals surface area (Å²) in [6, 6.07) is 12.5. The van der Waals surface area contributed by atoms with Gasteiger partial charge in [0.15, 0.2) is 17.2 Å². The van der Waals surface area contributed by atoms with Gasteiger partial charge in [0.1, 0.15) is 18.1 Å². The highest BCUT2D eigenvalue weighted by Gasteiger charge is 2.43. The molecule has 0 fully saturated rings. The number of anilines is 5. The van der Waals surface area contributed by atoms with Gasteiger partial charge in [0, 0.05) is 18.3 Å². The molecule has 0 saturated carbocycles. The monoisotopic (exact) mass is 478 g/mol. The normalized spacial score (nSPS) is 14.3. The Morgan fingerprint density at radius 2 is 2.00 bits per heavy atom. The van der Waals surface area contributed by atoms with Crippen LogP contribution in [-0.4, -0.2) is 60.7 Å².